The topological polar surface area (TPSA) is 97.0 Å². The van der Waals surface area contributed by atoms with Gasteiger partial charge in [0.2, 0.25) is 11.8 Å². The first-order valence-electron chi connectivity index (χ1n) is 8.03. The molecule has 0 unspecified atom stereocenters. The van der Waals surface area contributed by atoms with E-state index in [-0.39, 0.29) is 17.7 Å². The van der Waals surface area contributed by atoms with Crippen molar-refractivity contribution in [3.05, 3.63) is 23.8 Å². The quantitative estimate of drug-likeness (QED) is 0.781. The molecule has 0 radical (unpaired) electrons. The summed E-state index contributed by atoms with van der Waals surface area (Å²) in [5, 5.41) is 0. The molecule has 1 heterocycles. The molecule has 0 saturated carbocycles. The second-order valence-corrected chi connectivity index (χ2v) is 5.85. The second-order valence-electron chi connectivity index (χ2n) is 5.85. The lowest BCUT2D eigenvalue weighted by atomic mass is 9.97. The highest BCUT2D eigenvalue weighted by molar-refractivity contribution is 5.96. The highest BCUT2D eigenvalue weighted by atomic mass is 16.5. The van der Waals surface area contributed by atoms with Gasteiger partial charge in [0.25, 0.3) is 5.91 Å². The van der Waals surface area contributed by atoms with Crippen molar-refractivity contribution in [3.8, 4) is 11.5 Å². The number of hydrogen-bond donors (Lipinski definition) is 2. The third kappa shape index (κ3) is 4.85. The van der Waals surface area contributed by atoms with E-state index in [1.807, 2.05) is 0 Å². The van der Waals surface area contributed by atoms with Crippen LogP contribution in [0, 0.1) is 5.92 Å². The smallest absolute Gasteiger partial charge is 0.269 e. The molecule has 0 bridgehead atoms. The van der Waals surface area contributed by atoms with Crippen LogP contribution in [-0.4, -0.2) is 49.9 Å². The number of hydrazine groups is 1. The molecule has 1 fully saturated rings. The van der Waals surface area contributed by atoms with E-state index in [0.717, 1.165) is 6.42 Å². The average molecular weight is 349 g/mol. The molecule has 1 atom stereocenters. The lowest BCUT2D eigenvalue weighted by Crippen LogP contribution is -2.49. The van der Waals surface area contributed by atoms with Gasteiger partial charge in [0.15, 0.2) is 0 Å². The zero-order chi connectivity index (χ0) is 18.4. The molecule has 2 N–H and O–H groups in total. The number of carbonyl (C=O) groups excluding carboxylic acids is 3. The van der Waals surface area contributed by atoms with E-state index >= 15 is 0 Å². The van der Waals surface area contributed by atoms with E-state index in [1.165, 1.54) is 21.1 Å². The van der Waals surface area contributed by atoms with Crippen LogP contribution in [0.3, 0.4) is 0 Å². The monoisotopic (exact) mass is 349 g/mol. The fourth-order valence-electron chi connectivity index (χ4n) is 2.71. The maximum Gasteiger partial charge on any atom is 0.269 e. The standard InChI is InChI=1S/C17H23N3O5/c1-11(21)20-6-4-5-12(10-20)16(22)18-19-17(23)13-7-14(24-2)9-15(8-13)25-3/h7-9,12H,4-6,10H2,1-3H3,(H,18,22)(H,19,23)/t12-/m0/s1. The van der Waals surface area contributed by atoms with Gasteiger partial charge < -0.3 is 14.4 Å². The predicted octanol–water partition coefficient (Wildman–Crippen LogP) is 0.723. The van der Waals surface area contributed by atoms with Crippen LogP contribution in [0.25, 0.3) is 0 Å². The van der Waals surface area contributed by atoms with Gasteiger partial charge in [0.1, 0.15) is 11.5 Å². The number of nitrogens with zero attached hydrogens (tertiary/aromatic N) is 1. The number of amides is 3. The Bertz CT molecular complexity index is 639. The van der Waals surface area contributed by atoms with E-state index in [4.69, 9.17) is 9.47 Å². The van der Waals surface area contributed by atoms with Gasteiger partial charge in [-0.1, -0.05) is 0 Å². The van der Waals surface area contributed by atoms with Gasteiger partial charge in [-0.15, -0.1) is 0 Å². The number of piperidine rings is 1. The molecule has 8 heteroatoms. The van der Waals surface area contributed by atoms with Crippen LogP contribution < -0.4 is 20.3 Å². The van der Waals surface area contributed by atoms with Gasteiger partial charge in [0, 0.05) is 31.6 Å². The molecule has 1 aliphatic heterocycles. The molecule has 1 aliphatic rings. The van der Waals surface area contributed by atoms with Crippen LogP contribution in [0.1, 0.15) is 30.1 Å². The molecule has 2 rings (SSSR count). The molecule has 3 amide bonds. The Hall–Kier alpha value is -2.77. The summed E-state index contributed by atoms with van der Waals surface area (Å²) in [6.45, 7) is 2.51. The van der Waals surface area contributed by atoms with E-state index < -0.39 is 5.91 Å². The van der Waals surface area contributed by atoms with Crippen molar-refractivity contribution < 1.29 is 23.9 Å². The van der Waals surface area contributed by atoms with Crippen LogP contribution >= 0.6 is 0 Å². The van der Waals surface area contributed by atoms with Crippen LogP contribution in [-0.2, 0) is 9.59 Å². The first-order chi connectivity index (χ1) is 11.9. The van der Waals surface area contributed by atoms with Gasteiger partial charge in [0.05, 0.1) is 20.1 Å². The summed E-state index contributed by atoms with van der Waals surface area (Å²) in [4.78, 5) is 37.6. The third-order valence-corrected chi connectivity index (χ3v) is 4.15. The normalized spacial score (nSPS) is 16.8. The summed E-state index contributed by atoms with van der Waals surface area (Å²) in [5.41, 5.74) is 5.11. The number of ether oxygens (including phenoxy) is 2. The number of nitrogens with one attached hydrogen (secondary N) is 2. The maximum absolute atomic E-state index is 12.2. The number of hydrogen-bond acceptors (Lipinski definition) is 5. The number of likely N-dealkylation sites (tertiary alicyclic amines) is 1. The Labute approximate surface area is 146 Å². The molecule has 25 heavy (non-hydrogen) atoms. The summed E-state index contributed by atoms with van der Waals surface area (Å²) in [7, 11) is 2.98. The van der Waals surface area contributed by atoms with Crippen LogP contribution in [0.2, 0.25) is 0 Å². The number of rotatable bonds is 4. The van der Waals surface area contributed by atoms with Crippen LogP contribution in [0.15, 0.2) is 18.2 Å². The minimum Gasteiger partial charge on any atom is -0.497 e. The highest BCUT2D eigenvalue weighted by Gasteiger charge is 2.27. The van der Waals surface area contributed by atoms with Crippen molar-refractivity contribution in [1.29, 1.82) is 0 Å². The predicted molar refractivity (Wildman–Crippen MR) is 90.1 cm³/mol. The van der Waals surface area contributed by atoms with Gasteiger partial charge in [-0.05, 0) is 25.0 Å². The molecule has 0 spiro atoms. The summed E-state index contributed by atoms with van der Waals surface area (Å²) in [6, 6.07) is 4.73. The second kappa shape index (κ2) is 8.36. The van der Waals surface area contributed by atoms with E-state index in [9.17, 15) is 14.4 Å². The van der Waals surface area contributed by atoms with Gasteiger partial charge >= 0.3 is 0 Å². The zero-order valence-corrected chi connectivity index (χ0v) is 14.6. The molecule has 1 aromatic carbocycles. The van der Waals surface area contributed by atoms with E-state index in [0.29, 0.717) is 36.6 Å². The Morgan fingerprint density at radius 2 is 1.72 bits per heavy atom. The van der Waals surface area contributed by atoms with Crippen molar-refractivity contribution >= 4 is 17.7 Å². The Kier molecular flexibility index (Phi) is 6.21. The Morgan fingerprint density at radius 3 is 2.28 bits per heavy atom. The van der Waals surface area contributed by atoms with Crippen LogP contribution in [0.4, 0.5) is 0 Å². The summed E-state index contributed by atoms with van der Waals surface area (Å²) in [6.07, 6.45) is 1.44. The SMILES string of the molecule is COc1cc(OC)cc(C(=O)NNC(=O)[C@H]2CCCN(C(C)=O)C2)c1. The fraction of sp³-hybridized carbons (Fsp3) is 0.471. The summed E-state index contributed by atoms with van der Waals surface area (Å²) in [5.74, 6) is -0.234. The minimum absolute atomic E-state index is 0.0509. The third-order valence-electron chi connectivity index (χ3n) is 4.15. The largest absolute Gasteiger partial charge is 0.497 e. The number of carbonyl (C=O) groups is 3. The molecule has 1 aromatic rings. The molecular formula is C17H23N3O5. The van der Waals surface area contributed by atoms with Crippen molar-refractivity contribution in [2.75, 3.05) is 27.3 Å². The van der Waals surface area contributed by atoms with E-state index in [2.05, 4.69) is 10.9 Å². The highest BCUT2D eigenvalue weighted by Crippen LogP contribution is 2.22. The van der Waals surface area contributed by atoms with Gasteiger partial charge in [-0.25, -0.2) is 0 Å². The molecule has 0 aromatic heterocycles. The minimum atomic E-state index is -0.482. The Morgan fingerprint density at radius 1 is 1.08 bits per heavy atom. The van der Waals surface area contributed by atoms with Crippen molar-refractivity contribution in [2.45, 2.75) is 19.8 Å². The number of benzene rings is 1. The van der Waals surface area contributed by atoms with Gasteiger partial charge in [-0.3, -0.25) is 25.2 Å². The molecule has 136 valence electrons. The molecule has 0 aliphatic carbocycles. The molecular weight excluding hydrogens is 326 g/mol. The zero-order valence-electron chi connectivity index (χ0n) is 14.6. The van der Waals surface area contributed by atoms with Crippen molar-refractivity contribution in [1.82, 2.24) is 15.8 Å². The lowest BCUT2D eigenvalue weighted by Gasteiger charge is -2.31. The number of methoxy groups -OCH3 is 2. The average Bonchev–Trinajstić information content (AvgIpc) is 2.65. The summed E-state index contributed by atoms with van der Waals surface area (Å²) < 4.78 is 10.2. The van der Waals surface area contributed by atoms with Crippen molar-refractivity contribution in [2.24, 2.45) is 5.92 Å². The summed E-state index contributed by atoms with van der Waals surface area (Å²) >= 11 is 0. The first-order valence-corrected chi connectivity index (χ1v) is 8.03. The maximum atomic E-state index is 12.2. The van der Waals surface area contributed by atoms with Crippen molar-refractivity contribution in [3.63, 3.8) is 0 Å². The molecule has 8 nitrogen and oxygen atoms in total. The van der Waals surface area contributed by atoms with Crippen LogP contribution in [0.5, 0.6) is 11.5 Å². The van der Waals surface area contributed by atoms with E-state index in [1.54, 1.807) is 23.1 Å². The fourth-order valence-corrected chi connectivity index (χ4v) is 2.71. The Balaban J connectivity index is 1.95. The van der Waals surface area contributed by atoms with Gasteiger partial charge in [-0.2, -0.15) is 0 Å². The molecule has 1 saturated heterocycles. The lowest BCUT2D eigenvalue weighted by molar-refractivity contribution is -0.134. The first kappa shape index (κ1) is 18.6.